The van der Waals surface area contributed by atoms with Crippen molar-refractivity contribution in [3.05, 3.63) is 84.0 Å². The summed E-state index contributed by atoms with van der Waals surface area (Å²) in [5.74, 6) is 3.42. The molecule has 0 saturated heterocycles. The molecule has 0 heterocycles. The van der Waals surface area contributed by atoms with Gasteiger partial charge in [-0.05, 0) is 98.3 Å². The van der Waals surface area contributed by atoms with E-state index in [0.29, 0.717) is 60.2 Å². The Morgan fingerprint density at radius 1 is 0.553 bits per heavy atom. The highest BCUT2D eigenvalue weighted by atomic mass is 32.2. The minimum atomic E-state index is -3.77. The van der Waals surface area contributed by atoms with Crippen LogP contribution in [0.15, 0.2) is 82.6 Å². The van der Waals surface area contributed by atoms with E-state index < -0.39 is 20.2 Å². The van der Waals surface area contributed by atoms with Crippen LogP contribution in [0.25, 0.3) is 0 Å². The van der Waals surface area contributed by atoms with Gasteiger partial charge in [0.1, 0.15) is 0 Å². The van der Waals surface area contributed by atoms with Crippen LogP contribution in [0.3, 0.4) is 0 Å². The zero-order chi connectivity index (χ0) is 26.7. The summed E-state index contributed by atoms with van der Waals surface area (Å²) in [7, 11) is -7.53. The Morgan fingerprint density at radius 2 is 0.868 bits per heavy atom. The van der Waals surface area contributed by atoms with Crippen molar-refractivity contribution in [3.8, 4) is 0 Å². The average Bonchev–Trinajstić information content (AvgIpc) is 3.61. The molecule has 38 heavy (non-hydrogen) atoms. The Morgan fingerprint density at radius 3 is 1.18 bits per heavy atom. The van der Waals surface area contributed by atoms with Crippen molar-refractivity contribution >= 4 is 20.2 Å². The molecule has 0 aromatic heterocycles. The summed E-state index contributed by atoms with van der Waals surface area (Å²) in [6.45, 7) is 4.20. The van der Waals surface area contributed by atoms with E-state index >= 15 is 0 Å². The molecule has 6 nitrogen and oxygen atoms in total. The molecule has 2 saturated carbocycles. The predicted molar refractivity (Wildman–Crippen MR) is 144 cm³/mol. The third kappa shape index (κ3) is 4.49. The van der Waals surface area contributed by atoms with E-state index in [9.17, 15) is 16.8 Å². The van der Waals surface area contributed by atoms with Crippen LogP contribution in [0.2, 0.25) is 0 Å². The summed E-state index contributed by atoms with van der Waals surface area (Å²) < 4.78 is 61.5. The first kappa shape index (κ1) is 26.0. The number of rotatable bonds is 10. The Labute approximate surface area is 226 Å². The second-order valence-corrected chi connectivity index (χ2v) is 14.5. The zero-order valence-electron chi connectivity index (χ0n) is 21.6. The molecule has 0 aliphatic heterocycles. The molecule has 4 aliphatic carbocycles. The molecule has 0 spiro atoms. The molecular formula is C30H34O6S2. The fourth-order valence-corrected chi connectivity index (χ4v) is 9.54. The van der Waals surface area contributed by atoms with Gasteiger partial charge in [0.05, 0.1) is 23.0 Å². The summed E-state index contributed by atoms with van der Waals surface area (Å²) in [4.78, 5) is 0.394. The maximum Gasteiger partial charge on any atom is 0.296 e. The Bertz CT molecular complexity index is 1320. The molecule has 6 rings (SSSR count). The minimum absolute atomic E-state index is 0.179. The van der Waals surface area contributed by atoms with Crippen LogP contribution in [-0.4, -0.2) is 30.0 Å². The van der Waals surface area contributed by atoms with Gasteiger partial charge in [0.15, 0.2) is 0 Å². The van der Waals surface area contributed by atoms with Crippen molar-refractivity contribution in [1.29, 1.82) is 0 Å². The lowest BCUT2D eigenvalue weighted by Crippen LogP contribution is -2.22. The van der Waals surface area contributed by atoms with Crippen molar-refractivity contribution in [2.75, 3.05) is 13.2 Å². The predicted octanol–water partition coefficient (Wildman–Crippen LogP) is 5.29. The Balaban J connectivity index is 1.07. The van der Waals surface area contributed by atoms with Crippen molar-refractivity contribution < 1.29 is 25.2 Å². The molecular weight excluding hydrogens is 520 g/mol. The monoisotopic (exact) mass is 554 g/mol. The standard InChI is InChI=1S/C30H34O6S2/c1-19-3-7-21(8-4-19)37(31,32)35-17-15-23-25-11-13-27-24(28-14-12-26(23)30(28)29(25)27)16-18-36-38(33,34)22-9-5-20(2)6-10-22/h3-14,23-30H,15-18H2,1-2H3/t23?,24?,25-,26-,27-,28+,29?,30?/m1/s1. The topological polar surface area (TPSA) is 86.7 Å². The van der Waals surface area contributed by atoms with Gasteiger partial charge >= 0.3 is 0 Å². The number of hydrogen-bond acceptors (Lipinski definition) is 6. The second-order valence-electron chi connectivity index (χ2n) is 11.3. The molecule has 2 aromatic carbocycles. The lowest BCUT2D eigenvalue weighted by atomic mass is 9.81. The van der Waals surface area contributed by atoms with Crippen LogP contribution in [-0.2, 0) is 28.6 Å². The fourth-order valence-electron chi connectivity index (χ4n) is 7.70. The van der Waals surface area contributed by atoms with Gasteiger partial charge in [-0.1, -0.05) is 59.7 Å². The number of aryl methyl sites for hydroxylation is 2. The summed E-state index contributed by atoms with van der Waals surface area (Å²) in [6, 6.07) is 13.5. The van der Waals surface area contributed by atoms with Gasteiger partial charge < -0.3 is 0 Å². The molecule has 0 bridgehead atoms. The summed E-state index contributed by atoms with van der Waals surface area (Å²) in [5, 5.41) is 0. The first-order valence-electron chi connectivity index (χ1n) is 13.4. The lowest BCUT2D eigenvalue weighted by molar-refractivity contribution is 0.211. The minimum Gasteiger partial charge on any atom is -0.266 e. The fraction of sp³-hybridized carbons (Fsp3) is 0.467. The summed E-state index contributed by atoms with van der Waals surface area (Å²) in [6.07, 6.45) is 10.7. The number of benzene rings is 2. The lowest BCUT2D eigenvalue weighted by Gasteiger charge is -2.25. The third-order valence-corrected chi connectivity index (χ3v) is 12.0. The largest absolute Gasteiger partial charge is 0.296 e. The molecule has 2 aromatic rings. The van der Waals surface area contributed by atoms with E-state index in [4.69, 9.17) is 8.37 Å². The normalized spacial score (nSPS) is 32.8. The van der Waals surface area contributed by atoms with E-state index in [0.717, 1.165) is 11.1 Å². The first-order chi connectivity index (χ1) is 18.2. The van der Waals surface area contributed by atoms with Gasteiger partial charge in [-0.25, -0.2) is 0 Å². The van der Waals surface area contributed by atoms with E-state index in [1.807, 2.05) is 13.8 Å². The summed E-state index contributed by atoms with van der Waals surface area (Å²) >= 11 is 0. The first-order valence-corrected chi connectivity index (χ1v) is 16.3. The van der Waals surface area contributed by atoms with Crippen LogP contribution in [0.5, 0.6) is 0 Å². The molecule has 2 fully saturated rings. The quantitative estimate of drug-likeness (QED) is 0.293. The van der Waals surface area contributed by atoms with E-state index in [1.165, 1.54) is 0 Å². The highest BCUT2D eigenvalue weighted by Gasteiger charge is 2.63. The highest BCUT2D eigenvalue weighted by molar-refractivity contribution is 7.87. The van der Waals surface area contributed by atoms with Crippen molar-refractivity contribution in [1.82, 2.24) is 0 Å². The molecule has 202 valence electrons. The van der Waals surface area contributed by atoms with Gasteiger partial charge in [-0.2, -0.15) is 16.8 Å². The highest BCUT2D eigenvalue weighted by Crippen LogP contribution is 2.68. The molecule has 8 heteroatoms. The van der Waals surface area contributed by atoms with Gasteiger partial charge in [-0.15, -0.1) is 0 Å². The number of hydrogen-bond donors (Lipinski definition) is 0. The second kappa shape index (κ2) is 9.73. The van der Waals surface area contributed by atoms with Gasteiger partial charge in [0.25, 0.3) is 20.2 Å². The number of allylic oxidation sites excluding steroid dienone is 4. The molecule has 0 N–H and O–H groups in total. The Hall–Kier alpha value is -2.26. The molecule has 4 aliphatic rings. The van der Waals surface area contributed by atoms with Crippen LogP contribution >= 0.6 is 0 Å². The van der Waals surface area contributed by atoms with Gasteiger partial charge in [0.2, 0.25) is 0 Å². The van der Waals surface area contributed by atoms with Crippen molar-refractivity contribution in [3.63, 3.8) is 0 Å². The third-order valence-electron chi connectivity index (χ3n) is 9.31. The molecule has 0 radical (unpaired) electrons. The van der Waals surface area contributed by atoms with E-state index in [1.54, 1.807) is 48.5 Å². The van der Waals surface area contributed by atoms with E-state index in [2.05, 4.69) is 24.3 Å². The smallest absolute Gasteiger partial charge is 0.266 e. The molecule has 4 unspecified atom stereocenters. The summed E-state index contributed by atoms with van der Waals surface area (Å²) in [5.41, 5.74) is 2.01. The van der Waals surface area contributed by atoms with Crippen molar-refractivity contribution in [2.24, 2.45) is 47.3 Å². The van der Waals surface area contributed by atoms with Crippen LogP contribution in [0, 0.1) is 61.2 Å². The van der Waals surface area contributed by atoms with Gasteiger partial charge in [0, 0.05) is 0 Å². The maximum atomic E-state index is 12.6. The van der Waals surface area contributed by atoms with Crippen molar-refractivity contribution in [2.45, 2.75) is 36.5 Å². The maximum absolute atomic E-state index is 12.6. The van der Waals surface area contributed by atoms with Crippen LogP contribution in [0.4, 0.5) is 0 Å². The Kier molecular flexibility index (Phi) is 6.66. The molecule has 0 amide bonds. The van der Waals surface area contributed by atoms with Crippen LogP contribution in [0.1, 0.15) is 24.0 Å². The SMILES string of the molecule is Cc1ccc(S(=O)(=O)OCCC2[C@H]3C=C[C@@H]4C(CCOS(=O)(=O)c5ccc(C)cc5)[C@@H]5C=C[C@H]2C5C34)cc1. The average molecular weight is 555 g/mol. The zero-order valence-corrected chi connectivity index (χ0v) is 23.3. The molecule has 8 atom stereocenters. The van der Waals surface area contributed by atoms with E-state index in [-0.39, 0.29) is 23.0 Å². The van der Waals surface area contributed by atoms with Crippen LogP contribution < -0.4 is 0 Å². The van der Waals surface area contributed by atoms with Gasteiger partial charge in [-0.3, -0.25) is 8.37 Å².